The van der Waals surface area contributed by atoms with Crippen LogP contribution in [0.15, 0.2) is 22.7 Å². The average molecular weight is 343 g/mol. The van der Waals surface area contributed by atoms with E-state index in [9.17, 15) is 9.18 Å². The Balaban J connectivity index is 1.85. The van der Waals surface area contributed by atoms with E-state index >= 15 is 0 Å². The van der Waals surface area contributed by atoms with Crippen molar-refractivity contribution in [2.45, 2.75) is 38.8 Å². The third kappa shape index (κ3) is 4.03. The molecule has 0 radical (unpaired) electrons. The Bertz CT molecular complexity index is 475. The molecule has 0 bridgehead atoms. The lowest BCUT2D eigenvalue weighted by Crippen LogP contribution is -2.46. The molecule has 0 spiro atoms. The quantitative estimate of drug-likeness (QED) is 0.911. The molecule has 0 saturated carbocycles. The molecule has 1 atom stereocenters. The minimum absolute atomic E-state index is 0.141. The molecule has 1 saturated heterocycles. The van der Waals surface area contributed by atoms with Crippen LogP contribution in [0.3, 0.4) is 0 Å². The first kappa shape index (κ1) is 15.4. The fraction of sp³-hybridized carbons (Fsp3) is 0.533. The van der Waals surface area contributed by atoms with E-state index in [1.54, 1.807) is 6.07 Å². The van der Waals surface area contributed by atoms with Gasteiger partial charge in [0.25, 0.3) is 0 Å². The van der Waals surface area contributed by atoms with Gasteiger partial charge in [0.15, 0.2) is 0 Å². The zero-order valence-electron chi connectivity index (χ0n) is 11.7. The molecule has 1 heterocycles. The Hall–Kier alpha value is -0.940. The number of halogens is 2. The van der Waals surface area contributed by atoms with Crippen molar-refractivity contribution in [3.05, 3.63) is 34.1 Å². The molecule has 0 aromatic heterocycles. The van der Waals surface area contributed by atoms with Crippen molar-refractivity contribution in [2.75, 3.05) is 13.1 Å². The summed E-state index contributed by atoms with van der Waals surface area (Å²) in [5, 5.41) is 3.17. The average Bonchev–Trinajstić information content (AvgIpc) is 2.48. The van der Waals surface area contributed by atoms with Crippen LogP contribution in [0.25, 0.3) is 0 Å². The first-order valence-corrected chi connectivity index (χ1v) is 7.83. The lowest BCUT2D eigenvalue weighted by Gasteiger charge is -2.29. The van der Waals surface area contributed by atoms with Crippen LogP contribution in [0.2, 0.25) is 0 Å². The number of piperidine rings is 1. The van der Waals surface area contributed by atoms with E-state index in [2.05, 4.69) is 21.2 Å². The predicted octanol–water partition coefficient (Wildman–Crippen LogP) is 3.08. The van der Waals surface area contributed by atoms with E-state index in [1.807, 2.05) is 17.9 Å². The smallest absolute Gasteiger partial charge is 0.239 e. The molecule has 1 fully saturated rings. The summed E-state index contributed by atoms with van der Waals surface area (Å²) >= 11 is 3.13. The molecule has 1 aliphatic heterocycles. The summed E-state index contributed by atoms with van der Waals surface area (Å²) in [6.07, 6.45) is 3.40. The molecule has 1 N–H and O–H groups in total. The summed E-state index contributed by atoms with van der Waals surface area (Å²) in [6.45, 7) is 4.08. The summed E-state index contributed by atoms with van der Waals surface area (Å²) < 4.78 is 13.9. The van der Waals surface area contributed by atoms with Crippen LogP contribution in [0.1, 0.15) is 31.7 Å². The standard InChI is InChI=1S/C15H20BrFN2O/c1-11(15(20)19-7-3-2-4-8-19)18-10-12-5-6-13(16)14(17)9-12/h5-6,9,11,18H,2-4,7-8,10H2,1H3. The second kappa shape index (κ2) is 7.18. The van der Waals surface area contributed by atoms with Crippen molar-refractivity contribution in [1.29, 1.82) is 0 Å². The number of hydrogen-bond acceptors (Lipinski definition) is 2. The molecule has 1 aromatic carbocycles. The highest BCUT2D eigenvalue weighted by atomic mass is 79.9. The summed E-state index contributed by atoms with van der Waals surface area (Å²) in [4.78, 5) is 14.1. The van der Waals surface area contributed by atoms with Crippen molar-refractivity contribution in [3.8, 4) is 0 Å². The van der Waals surface area contributed by atoms with Gasteiger partial charge in [0.05, 0.1) is 10.5 Å². The van der Waals surface area contributed by atoms with E-state index in [1.165, 1.54) is 12.5 Å². The topological polar surface area (TPSA) is 32.3 Å². The molecule has 5 heteroatoms. The predicted molar refractivity (Wildman–Crippen MR) is 80.8 cm³/mol. The molecule has 1 aliphatic rings. The molecular formula is C15H20BrFN2O. The Kier molecular flexibility index (Phi) is 5.54. The Morgan fingerprint density at radius 3 is 2.75 bits per heavy atom. The monoisotopic (exact) mass is 342 g/mol. The first-order valence-electron chi connectivity index (χ1n) is 7.04. The number of rotatable bonds is 4. The number of nitrogens with zero attached hydrogens (tertiary/aromatic N) is 1. The molecule has 3 nitrogen and oxygen atoms in total. The number of amides is 1. The maximum absolute atomic E-state index is 13.4. The van der Waals surface area contributed by atoms with Crippen LogP contribution in [0, 0.1) is 5.82 Å². The van der Waals surface area contributed by atoms with Crippen molar-refractivity contribution in [3.63, 3.8) is 0 Å². The molecule has 1 aromatic rings. The molecule has 0 aliphatic carbocycles. The van der Waals surface area contributed by atoms with Gasteiger partial charge in [0, 0.05) is 19.6 Å². The van der Waals surface area contributed by atoms with E-state index in [4.69, 9.17) is 0 Å². The van der Waals surface area contributed by atoms with Gasteiger partial charge in [0.2, 0.25) is 5.91 Å². The number of likely N-dealkylation sites (tertiary alicyclic amines) is 1. The number of carbonyl (C=O) groups excluding carboxylic acids is 1. The number of nitrogens with one attached hydrogen (secondary N) is 1. The zero-order valence-corrected chi connectivity index (χ0v) is 13.2. The Labute approximate surface area is 127 Å². The fourth-order valence-corrected chi connectivity index (χ4v) is 2.64. The summed E-state index contributed by atoms with van der Waals surface area (Å²) in [5.41, 5.74) is 0.837. The Morgan fingerprint density at radius 1 is 1.40 bits per heavy atom. The number of benzene rings is 1. The van der Waals surface area contributed by atoms with Gasteiger partial charge >= 0.3 is 0 Å². The van der Waals surface area contributed by atoms with Crippen LogP contribution in [-0.2, 0) is 11.3 Å². The maximum atomic E-state index is 13.4. The maximum Gasteiger partial charge on any atom is 0.239 e. The lowest BCUT2D eigenvalue weighted by atomic mass is 10.1. The highest BCUT2D eigenvalue weighted by Gasteiger charge is 2.21. The van der Waals surface area contributed by atoms with Crippen LogP contribution in [0.5, 0.6) is 0 Å². The van der Waals surface area contributed by atoms with Gasteiger partial charge in [-0.05, 0) is 59.8 Å². The van der Waals surface area contributed by atoms with Crippen molar-refractivity contribution >= 4 is 21.8 Å². The second-order valence-corrected chi connectivity index (χ2v) is 6.09. The SMILES string of the molecule is CC(NCc1ccc(Br)c(F)c1)C(=O)N1CCCCC1. The normalized spacial score (nSPS) is 17.1. The molecule has 20 heavy (non-hydrogen) atoms. The minimum Gasteiger partial charge on any atom is -0.341 e. The summed E-state index contributed by atoms with van der Waals surface area (Å²) in [6, 6.07) is 4.77. The Morgan fingerprint density at radius 2 is 2.10 bits per heavy atom. The molecule has 1 amide bonds. The van der Waals surface area contributed by atoms with Crippen LogP contribution < -0.4 is 5.32 Å². The highest BCUT2D eigenvalue weighted by Crippen LogP contribution is 2.16. The van der Waals surface area contributed by atoms with E-state index in [0.717, 1.165) is 31.5 Å². The van der Waals surface area contributed by atoms with Gasteiger partial charge < -0.3 is 10.2 Å². The first-order chi connectivity index (χ1) is 9.58. The van der Waals surface area contributed by atoms with Gasteiger partial charge in [-0.3, -0.25) is 4.79 Å². The third-order valence-corrected chi connectivity index (χ3v) is 4.28. The summed E-state index contributed by atoms with van der Waals surface area (Å²) in [7, 11) is 0. The van der Waals surface area contributed by atoms with Crippen molar-refractivity contribution in [1.82, 2.24) is 10.2 Å². The summed E-state index contributed by atoms with van der Waals surface area (Å²) in [5.74, 6) is -0.137. The van der Waals surface area contributed by atoms with E-state index in [-0.39, 0.29) is 17.8 Å². The molecular weight excluding hydrogens is 323 g/mol. The van der Waals surface area contributed by atoms with Crippen molar-refractivity contribution in [2.24, 2.45) is 0 Å². The number of hydrogen-bond donors (Lipinski definition) is 1. The lowest BCUT2D eigenvalue weighted by molar-refractivity contribution is -0.133. The van der Waals surface area contributed by atoms with Crippen LogP contribution >= 0.6 is 15.9 Å². The molecule has 2 rings (SSSR count). The fourth-order valence-electron chi connectivity index (χ4n) is 2.40. The second-order valence-electron chi connectivity index (χ2n) is 5.24. The third-order valence-electron chi connectivity index (χ3n) is 3.63. The van der Waals surface area contributed by atoms with Gasteiger partial charge in [-0.1, -0.05) is 6.07 Å². The van der Waals surface area contributed by atoms with Crippen LogP contribution in [-0.4, -0.2) is 29.9 Å². The molecule has 110 valence electrons. The van der Waals surface area contributed by atoms with Gasteiger partial charge in [-0.15, -0.1) is 0 Å². The highest BCUT2D eigenvalue weighted by molar-refractivity contribution is 9.10. The zero-order chi connectivity index (χ0) is 14.5. The van der Waals surface area contributed by atoms with Crippen LogP contribution in [0.4, 0.5) is 4.39 Å². The van der Waals surface area contributed by atoms with Crippen molar-refractivity contribution < 1.29 is 9.18 Å². The largest absolute Gasteiger partial charge is 0.341 e. The van der Waals surface area contributed by atoms with E-state index < -0.39 is 0 Å². The molecule has 1 unspecified atom stereocenters. The van der Waals surface area contributed by atoms with Gasteiger partial charge in [0.1, 0.15) is 5.82 Å². The van der Waals surface area contributed by atoms with Gasteiger partial charge in [-0.2, -0.15) is 0 Å². The van der Waals surface area contributed by atoms with E-state index in [0.29, 0.717) is 11.0 Å². The number of carbonyl (C=O) groups is 1. The van der Waals surface area contributed by atoms with Gasteiger partial charge in [-0.25, -0.2) is 4.39 Å². The minimum atomic E-state index is -0.278.